The van der Waals surface area contributed by atoms with Gasteiger partial charge in [-0.05, 0) is 36.1 Å². The van der Waals surface area contributed by atoms with Crippen molar-refractivity contribution in [2.75, 3.05) is 6.79 Å². The van der Waals surface area contributed by atoms with Crippen molar-refractivity contribution in [3.05, 3.63) is 59.7 Å². The first-order valence-electron chi connectivity index (χ1n) is 6.76. The lowest BCUT2D eigenvalue weighted by molar-refractivity contribution is 0.118. The highest BCUT2D eigenvalue weighted by molar-refractivity contribution is 5.34. The lowest BCUT2D eigenvalue weighted by atomic mass is 10.1. The van der Waals surface area contributed by atoms with Crippen LogP contribution in [0.3, 0.4) is 0 Å². The smallest absolute Gasteiger partial charge is 0.230 e. The Morgan fingerprint density at radius 2 is 1.11 bits per heavy atom. The molecule has 0 saturated heterocycles. The minimum atomic E-state index is 0.244. The van der Waals surface area contributed by atoms with E-state index in [-0.39, 0.29) is 6.79 Å². The molecule has 0 saturated carbocycles. The van der Waals surface area contributed by atoms with Gasteiger partial charge in [0, 0.05) is 0 Å². The molecule has 19 heavy (non-hydrogen) atoms. The van der Waals surface area contributed by atoms with E-state index in [2.05, 4.69) is 26.0 Å². The standard InChI is InChI=1S/C17H20O2/c1-3-14-9-5-7-11-16(14)18-13-19-17-12-8-6-10-15(17)4-2/h5-12H,3-4,13H2,1-2H3. The van der Waals surface area contributed by atoms with E-state index in [0.717, 1.165) is 24.3 Å². The van der Waals surface area contributed by atoms with E-state index in [0.29, 0.717) is 0 Å². The molecule has 0 radical (unpaired) electrons. The summed E-state index contributed by atoms with van der Waals surface area (Å²) in [5.41, 5.74) is 2.41. The maximum Gasteiger partial charge on any atom is 0.230 e. The molecule has 0 aliphatic rings. The molecule has 0 aliphatic carbocycles. The molecule has 0 unspecified atom stereocenters. The molecular weight excluding hydrogens is 236 g/mol. The molecule has 0 bridgehead atoms. The Morgan fingerprint density at radius 3 is 1.53 bits per heavy atom. The van der Waals surface area contributed by atoms with Crippen LogP contribution in [-0.4, -0.2) is 6.79 Å². The Hall–Kier alpha value is -1.96. The number of aryl methyl sites for hydroxylation is 2. The zero-order valence-corrected chi connectivity index (χ0v) is 11.6. The molecule has 0 atom stereocenters. The van der Waals surface area contributed by atoms with Crippen LogP contribution >= 0.6 is 0 Å². The zero-order chi connectivity index (χ0) is 13.5. The van der Waals surface area contributed by atoms with Crippen LogP contribution in [-0.2, 0) is 12.8 Å². The monoisotopic (exact) mass is 256 g/mol. The largest absolute Gasteiger partial charge is 0.457 e. The van der Waals surface area contributed by atoms with E-state index in [1.807, 2.05) is 36.4 Å². The Balaban J connectivity index is 1.96. The maximum absolute atomic E-state index is 5.71. The Kier molecular flexibility index (Phi) is 4.85. The van der Waals surface area contributed by atoms with E-state index in [1.54, 1.807) is 0 Å². The number of rotatable bonds is 6. The maximum atomic E-state index is 5.71. The molecule has 2 heteroatoms. The van der Waals surface area contributed by atoms with Crippen LogP contribution in [0.1, 0.15) is 25.0 Å². The van der Waals surface area contributed by atoms with E-state index in [1.165, 1.54) is 11.1 Å². The van der Waals surface area contributed by atoms with Gasteiger partial charge < -0.3 is 9.47 Å². The third-order valence-corrected chi connectivity index (χ3v) is 3.14. The van der Waals surface area contributed by atoms with Crippen molar-refractivity contribution in [2.45, 2.75) is 26.7 Å². The summed E-state index contributed by atoms with van der Waals surface area (Å²) in [6.07, 6.45) is 1.92. The first-order chi connectivity index (χ1) is 9.35. The summed E-state index contributed by atoms with van der Waals surface area (Å²) < 4.78 is 11.4. The molecule has 2 aromatic carbocycles. The molecule has 0 spiro atoms. The van der Waals surface area contributed by atoms with Crippen LogP contribution in [0, 0.1) is 0 Å². The molecule has 2 rings (SSSR count). The molecule has 0 fully saturated rings. The quantitative estimate of drug-likeness (QED) is 0.720. The van der Waals surface area contributed by atoms with Crippen molar-refractivity contribution in [2.24, 2.45) is 0 Å². The summed E-state index contributed by atoms with van der Waals surface area (Å²) in [5, 5.41) is 0. The van der Waals surface area contributed by atoms with Crippen molar-refractivity contribution >= 4 is 0 Å². The topological polar surface area (TPSA) is 18.5 Å². The first-order valence-corrected chi connectivity index (χ1v) is 6.76. The summed E-state index contributed by atoms with van der Waals surface area (Å²) in [4.78, 5) is 0. The van der Waals surface area contributed by atoms with Gasteiger partial charge >= 0.3 is 0 Å². The second-order valence-electron chi connectivity index (χ2n) is 4.33. The highest BCUT2D eigenvalue weighted by Crippen LogP contribution is 2.21. The zero-order valence-electron chi connectivity index (χ0n) is 11.6. The fourth-order valence-electron chi connectivity index (χ4n) is 2.03. The minimum absolute atomic E-state index is 0.244. The number of hydrogen-bond donors (Lipinski definition) is 0. The SMILES string of the molecule is CCc1ccccc1OCOc1ccccc1CC. The molecule has 0 aromatic heterocycles. The van der Waals surface area contributed by atoms with Crippen LogP contribution in [0.4, 0.5) is 0 Å². The summed E-state index contributed by atoms with van der Waals surface area (Å²) >= 11 is 0. The van der Waals surface area contributed by atoms with Gasteiger partial charge in [0.1, 0.15) is 11.5 Å². The minimum Gasteiger partial charge on any atom is -0.457 e. The molecule has 0 amide bonds. The molecule has 0 aliphatic heterocycles. The van der Waals surface area contributed by atoms with E-state index in [4.69, 9.17) is 9.47 Å². The van der Waals surface area contributed by atoms with Gasteiger partial charge in [0.25, 0.3) is 0 Å². The number of hydrogen-bond acceptors (Lipinski definition) is 2. The van der Waals surface area contributed by atoms with Gasteiger partial charge in [0.05, 0.1) is 0 Å². The predicted octanol–water partition coefficient (Wildman–Crippen LogP) is 4.23. The molecule has 2 aromatic rings. The normalized spacial score (nSPS) is 10.2. The highest BCUT2D eigenvalue weighted by atomic mass is 16.7. The highest BCUT2D eigenvalue weighted by Gasteiger charge is 2.03. The van der Waals surface area contributed by atoms with Gasteiger partial charge in [0.15, 0.2) is 0 Å². The van der Waals surface area contributed by atoms with Crippen molar-refractivity contribution in [3.8, 4) is 11.5 Å². The van der Waals surface area contributed by atoms with Gasteiger partial charge in [0.2, 0.25) is 6.79 Å². The molecular formula is C17H20O2. The van der Waals surface area contributed by atoms with Crippen LogP contribution < -0.4 is 9.47 Å². The predicted molar refractivity (Wildman–Crippen MR) is 77.8 cm³/mol. The molecule has 2 nitrogen and oxygen atoms in total. The van der Waals surface area contributed by atoms with Crippen LogP contribution in [0.15, 0.2) is 48.5 Å². The van der Waals surface area contributed by atoms with Gasteiger partial charge in [-0.3, -0.25) is 0 Å². The average molecular weight is 256 g/mol. The second kappa shape index (κ2) is 6.83. The lowest BCUT2D eigenvalue weighted by Crippen LogP contribution is -2.08. The van der Waals surface area contributed by atoms with E-state index in [9.17, 15) is 0 Å². The van der Waals surface area contributed by atoms with Gasteiger partial charge in [-0.1, -0.05) is 50.2 Å². The fourth-order valence-corrected chi connectivity index (χ4v) is 2.03. The molecule has 0 N–H and O–H groups in total. The summed E-state index contributed by atoms with van der Waals surface area (Å²) in [6, 6.07) is 16.1. The summed E-state index contributed by atoms with van der Waals surface area (Å²) in [5.74, 6) is 1.80. The van der Waals surface area contributed by atoms with Crippen molar-refractivity contribution in [1.29, 1.82) is 0 Å². The Bertz CT molecular complexity index is 473. The number of benzene rings is 2. The van der Waals surface area contributed by atoms with Crippen molar-refractivity contribution in [1.82, 2.24) is 0 Å². The summed E-state index contributed by atoms with van der Waals surface area (Å²) in [6.45, 7) is 4.49. The van der Waals surface area contributed by atoms with E-state index < -0.39 is 0 Å². The Labute approximate surface area is 115 Å². The van der Waals surface area contributed by atoms with E-state index >= 15 is 0 Å². The van der Waals surface area contributed by atoms with Crippen molar-refractivity contribution in [3.63, 3.8) is 0 Å². The van der Waals surface area contributed by atoms with Crippen LogP contribution in [0.2, 0.25) is 0 Å². The summed E-state index contributed by atoms with van der Waals surface area (Å²) in [7, 11) is 0. The Morgan fingerprint density at radius 1 is 0.684 bits per heavy atom. The lowest BCUT2D eigenvalue weighted by Gasteiger charge is -2.13. The number of ether oxygens (including phenoxy) is 2. The first kappa shape index (κ1) is 13.5. The molecule has 100 valence electrons. The second-order valence-corrected chi connectivity index (χ2v) is 4.33. The van der Waals surface area contributed by atoms with Crippen LogP contribution in [0.25, 0.3) is 0 Å². The third kappa shape index (κ3) is 3.50. The average Bonchev–Trinajstić information content (AvgIpc) is 2.48. The molecule has 0 heterocycles. The van der Waals surface area contributed by atoms with Gasteiger partial charge in [-0.15, -0.1) is 0 Å². The van der Waals surface area contributed by atoms with Gasteiger partial charge in [-0.25, -0.2) is 0 Å². The fraction of sp³-hybridized carbons (Fsp3) is 0.294. The number of para-hydroxylation sites is 2. The van der Waals surface area contributed by atoms with Gasteiger partial charge in [-0.2, -0.15) is 0 Å². The van der Waals surface area contributed by atoms with Crippen LogP contribution in [0.5, 0.6) is 11.5 Å². The van der Waals surface area contributed by atoms with Crippen molar-refractivity contribution < 1.29 is 9.47 Å². The third-order valence-electron chi connectivity index (χ3n) is 3.14.